The van der Waals surface area contributed by atoms with Gasteiger partial charge >= 0.3 is 12.0 Å². The number of hydrogen-bond donors (Lipinski definition) is 4. The highest BCUT2D eigenvalue weighted by atomic mass is 16.8. The summed E-state index contributed by atoms with van der Waals surface area (Å²) in [5.74, 6) is -0.681. The van der Waals surface area contributed by atoms with Gasteiger partial charge in [0.25, 0.3) is 0 Å². The van der Waals surface area contributed by atoms with Crippen LogP contribution in [0.1, 0.15) is 24.6 Å². The topological polar surface area (TPSA) is 162 Å². The summed E-state index contributed by atoms with van der Waals surface area (Å²) in [6.07, 6.45) is 5.87. The maximum atomic E-state index is 12.3. The standard InChI is InChI=1S/C25H27N7O6/c33-17(34)11-26-10-16-20-21(38-18(37-20)9-6-14-4-2-1-3-5-14)24(36-16)32-13-29-19-22(27-12-28-23(19)32)31-25(35)30-15-7-8-15/h1-6,9,12-13,15-16,18,20-21,24,26H,7-8,10-11H2,(H,33,34)(H2,27,28,30,31,35)/b9-6+/t16?,18-,20?,21?,24?/m0/s1. The van der Waals surface area contributed by atoms with E-state index in [-0.39, 0.29) is 31.0 Å². The van der Waals surface area contributed by atoms with Crippen LogP contribution in [0.15, 0.2) is 49.1 Å². The Morgan fingerprint density at radius 1 is 1.08 bits per heavy atom. The Morgan fingerprint density at radius 3 is 2.68 bits per heavy atom. The minimum atomic E-state index is -0.966. The summed E-state index contributed by atoms with van der Waals surface area (Å²) in [6.45, 7) is 0.0392. The third-order valence-corrected chi connectivity index (χ3v) is 6.51. The summed E-state index contributed by atoms with van der Waals surface area (Å²) in [5, 5.41) is 17.5. The Bertz CT molecular complexity index is 1340. The number of fused-ring (bicyclic) bond motifs is 2. The number of anilines is 1. The number of nitrogens with zero attached hydrogens (tertiary/aromatic N) is 4. The van der Waals surface area contributed by atoms with Crippen LogP contribution in [-0.4, -0.2) is 80.4 Å². The molecule has 2 amide bonds. The molecule has 0 spiro atoms. The second-order valence-electron chi connectivity index (χ2n) is 9.35. The van der Waals surface area contributed by atoms with Gasteiger partial charge in [-0.1, -0.05) is 36.4 Å². The first kappa shape index (κ1) is 24.4. The molecule has 0 radical (unpaired) electrons. The first-order valence-electron chi connectivity index (χ1n) is 12.4. The van der Waals surface area contributed by atoms with Gasteiger partial charge in [0.2, 0.25) is 0 Å². The van der Waals surface area contributed by atoms with E-state index < -0.39 is 36.8 Å². The summed E-state index contributed by atoms with van der Waals surface area (Å²) >= 11 is 0. The van der Waals surface area contributed by atoms with Gasteiger partial charge in [-0.2, -0.15) is 0 Å². The molecule has 4 heterocycles. The van der Waals surface area contributed by atoms with Gasteiger partial charge in [0, 0.05) is 12.6 Å². The molecule has 2 saturated heterocycles. The summed E-state index contributed by atoms with van der Waals surface area (Å²) < 4.78 is 20.4. The van der Waals surface area contributed by atoms with Crippen molar-refractivity contribution in [1.29, 1.82) is 0 Å². The highest BCUT2D eigenvalue weighted by molar-refractivity contribution is 5.96. The van der Waals surface area contributed by atoms with E-state index in [9.17, 15) is 9.59 Å². The van der Waals surface area contributed by atoms with Crippen molar-refractivity contribution in [2.24, 2.45) is 0 Å². The van der Waals surface area contributed by atoms with Crippen molar-refractivity contribution in [2.45, 2.75) is 49.7 Å². The number of hydrogen-bond acceptors (Lipinski definition) is 9. The number of carboxylic acids is 1. The van der Waals surface area contributed by atoms with Gasteiger partial charge in [0.15, 0.2) is 29.5 Å². The second kappa shape index (κ2) is 10.5. The number of amides is 2. The fourth-order valence-electron chi connectivity index (χ4n) is 4.60. The van der Waals surface area contributed by atoms with Crippen LogP contribution < -0.4 is 16.0 Å². The van der Waals surface area contributed by atoms with Crippen molar-refractivity contribution >= 4 is 35.1 Å². The van der Waals surface area contributed by atoms with Crippen molar-refractivity contribution in [3.05, 3.63) is 54.6 Å². The second-order valence-corrected chi connectivity index (χ2v) is 9.35. The number of aromatic nitrogens is 4. The first-order chi connectivity index (χ1) is 18.5. The van der Waals surface area contributed by atoms with Crippen LogP contribution in [-0.2, 0) is 19.0 Å². The molecule has 198 valence electrons. The molecule has 3 aromatic rings. The fraction of sp³-hybridized carbons (Fsp3) is 0.400. The van der Waals surface area contributed by atoms with Gasteiger partial charge in [-0.05, 0) is 24.5 Å². The van der Waals surface area contributed by atoms with E-state index in [0.717, 1.165) is 18.4 Å². The number of imidazole rings is 1. The molecule has 1 saturated carbocycles. The van der Waals surface area contributed by atoms with E-state index >= 15 is 0 Å². The molecule has 38 heavy (non-hydrogen) atoms. The summed E-state index contributed by atoms with van der Waals surface area (Å²) in [4.78, 5) is 36.3. The molecular formula is C25H27N7O6. The number of benzene rings is 1. The molecule has 4 N–H and O–H groups in total. The van der Waals surface area contributed by atoms with Gasteiger partial charge in [0.1, 0.15) is 24.6 Å². The number of carbonyl (C=O) groups excluding carboxylic acids is 1. The minimum absolute atomic E-state index is 0.198. The fourth-order valence-corrected chi connectivity index (χ4v) is 4.60. The number of nitrogens with one attached hydrogen (secondary N) is 3. The zero-order chi connectivity index (χ0) is 26.1. The van der Waals surface area contributed by atoms with E-state index in [1.807, 2.05) is 42.5 Å². The highest BCUT2D eigenvalue weighted by Gasteiger charge is 2.53. The SMILES string of the molecule is O=C(O)CNCC1OC(n2cnc3c(NC(=O)NC4CC4)ncnc32)C2O[C@@H](/C=C/c3ccccc3)OC12. The molecule has 2 aromatic heterocycles. The van der Waals surface area contributed by atoms with Crippen molar-refractivity contribution in [2.75, 3.05) is 18.4 Å². The first-order valence-corrected chi connectivity index (χ1v) is 12.4. The lowest BCUT2D eigenvalue weighted by molar-refractivity contribution is -0.137. The van der Waals surface area contributed by atoms with E-state index in [2.05, 4.69) is 30.9 Å². The van der Waals surface area contributed by atoms with Crippen molar-refractivity contribution in [1.82, 2.24) is 30.2 Å². The normalized spacial score (nSPS) is 26.6. The highest BCUT2D eigenvalue weighted by Crippen LogP contribution is 2.40. The summed E-state index contributed by atoms with van der Waals surface area (Å²) in [6, 6.07) is 9.65. The predicted molar refractivity (Wildman–Crippen MR) is 134 cm³/mol. The third-order valence-electron chi connectivity index (χ3n) is 6.51. The van der Waals surface area contributed by atoms with Gasteiger partial charge in [-0.15, -0.1) is 0 Å². The molecule has 1 aromatic carbocycles. The predicted octanol–water partition coefficient (Wildman–Crippen LogP) is 1.51. The van der Waals surface area contributed by atoms with Gasteiger partial charge < -0.3 is 30.0 Å². The Kier molecular flexibility index (Phi) is 6.72. The van der Waals surface area contributed by atoms with E-state index in [1.165, 1.54) is 6.33 Å². The molecule has 13 heteroatoms. The molecule has 3 fully saturated rings. The molecule has 4 unspecified atom stereocenters. The number of ether oxygens (including phenoxy) is 3. The van der Waals surface area contributed by atoms with Gasteiger partial charge in [0.05, 0.1) is 12.9 Å². The van der Waals surface area contributed by atoms with Crippen LogP contribution in [0.25, 0.3) is 17.2 Å². The molecular weight excluding hydrogens is 494 g/mol. The van der Waals surface area contributed by atoms with Crippen LogP contribution in [0.5, 0.6) is 0 Å². The zero-order valence-electron chi connectivity index (χ0n) is 20.3. The van der Waals surface area contributed by atoms with Crippen LogP contribution in [0.2, 0.25) is 0 Å². The quantitative estimate of drug-likeness (QED) is 0.325. The molecule has 13 nitrogen and oxygen atoms in total. The molecule has 1 aliphatic carbocycles. The summed E-state index contributed by atoms with van der Waals surface area (Å²) in [7, 11) is 0. The van der Waals surface area contributed by atoms with Crippen LogP contribution in [0.4, 0.5) is 10.6 Å². The van der Waals surface area contributed by atoms with E-state index in [4.69, 9.17) is 19.3 Å². The average molecular weight is 522 g/mol. The number of aliphatic carboxylic acids is 1. The third kappa shape index (κ3) is 5.22. The molecule has 6 rings (SSSR count). The summed E-state index contributed by atoms with van der Waals surface area (Å²) in [5.41, 5.74) is 1.87. The van der Waals surface area contributed by atoms with Crippen molar-refractivity contribution in [3.8, 4) is 0 Å². The van der Waals surface area contributed by atoms with Crippen molar-refractivity contribution in [3.63, 3.8) is 0 Å². The Labute approximate surface area is 217 Å². The Morgan fingerprint density at radius 2 is 1.89 bits per heavy atom. The molecule has 0 bridgehead atoms. The molecule has 2 aliphatic heterocycles. The number of carbonyl (C=O) groups is 2. The van der Waals surface area contributed by atoms with Gasteiger partial charge in [-0.25, -0.2) is 19.7 Å². The molecule has 3 aliphatic rings. The minimum Gasteiger partial charge on any atom is -0.480 e. The van der Waals surface area contributed by atoms with Crippen molar-refractivity contribution < 1.29 is 28.9 Å². The number of urea groups is 1. The Hall–Kier alpha value is -3.91. The zero-order valence-corrected chi connectivity index (χ0v) is 20.3. The Balaban J connectivity index is 1.23. The maximum Gasteiger partial charge on any atom is 0.320 e. The monoisotopic (exact) mass is 521 g/mol. The van der Waals surface area contributed by atoms with Crippen LogP contribution in [0, 0.1) is 0 Å². The average Bonchev–Trinajstić information content (AvgIpc) is 3.31. The van der Waals surface area contributed by atoms with Crippen LogP contribution >= 0.6 is 0 Å². The van der Waals surface area contributed by atoms with E-state index in [0.29, 0.717) is 11.2 Å². The lowest BCUT2D eigenvalue weighted by Crippen LogP contribution is -2.38. The smallest absolute Gasteiger partial charge is 0.320 e. The van der Waals surface area contributed by atoms with Gasteiger partial charge in [-0.3, -0.25) is 14.7 Å². The molecule has 5 atom stereocenters. The maximum absolute atomic E-state index is 12.3. The lowest BCUT2D eigenvalue weighted by Gasteiger charge is -2.20. The largest absolute Gasteiger partial charge is 0.480 e. The lowest BCUT2D eigenvalue weighted by atomic mass is 10.1. The number of carboxylic acid groups (broad SMARTS) is 1. The number of rotatable bonds is 9. The van der Waals surface area contributed by atoms with E-state index in [1.54, 1.807) is 10.9 Å². The van der Waals surface area contributed by atoms with Crippen LogP contribution in [0.3, 0.4) is 0 Å².